The smallest absolute Gasteiger partial charge is 0.0289 e. The van der Waals surface area contributed by atoms with E-state index in [1.807, 2.05) is 0 Å². The number of halogens is 1. The van der Waals surface area contributed by atoms with Gasteiger partial charge in [-0.3, -0.25) is 0 Å². The van der Waals surface area contributed by atoms with Crippen LogP contribution >= 0.6 is 22.6 Å². The van der Waals surface area contributed by atoms with Gasteiger partial charge in [-0.05, 0) is 25.2 Å². The predicted molar refractivity (Wildman–Crippen MR) is 59.2 cm³/mol. The van der Waals surface area contributed by atoms with Crippen LogP contribution in [0.4, 0.5) is 0 Å². The average Bonchev–Trinajstić information content (AvgIpc) is 2.04. The molecule has 0 saturated heterocycles. The monoisotopic (exact) mass is 264 g/mol. The lowest BCUT2D eigenvalue weighted by Gasteiger charge is -2.18. The van der Waals surface area contributed by atoms with Crippen LogP contribution in [0.5, 0.6) is 0 Å². The van der Waals surface area contributed by atoms with Gasteiger partial charge < -0.3 is 0 Å². The minimum absolute atomic E-state index is 0.811. The molecule has 0 heterocycles. The summed E-state index contributed by atoms with van der Waals surface area (Å²) < 4.78 is 0.811. The molecule has 1 aliphatic rings. The molecule has 0 nitrogen and oxygen atoms in total. The summed E-state index contributed by atoms with van der Waals surface area (Å²) in [6.45, 7) is 2.27. The largest absolute Gasteiger partial charge is 0.0844 e. The fourth-order valence-electron chi connectivity index (χ4n) is 1.55. The highest BCUT2D eigenvalue weighted by atomic mass is 127. The SMILES string of the molecule is CCCCC1C=C[C@H](I)CC1. The Hall–Kier alpha value is 0.470. The van der Waals surface area contributed by atoms with E-state index < -0.39 is 0 Å². The van der Waals surface area contributed by atoms with E-state index in [1.165, 1.54) is 32.1 Å². The first-order valence-electron chi connectivity index (χ1n) is 4.65. The second-order valence-electron chi connectivity index (χ2n) is 3.38. The maximum atomic E-state index is 2.52. The van der Waals surface area contributed by atoms with Gasteiger partial charge in [0, 0.05) is 3.92 Å². The maximum absolute atomic E-state index is 2.52. The molecule has 11 heavy (non-hydrogen) atoms. The highest BCUT2D eigenvalue weighted by molar-refractivity contribution is 14.1. The van der Waals surface area contributed by atoms with Crippen LogP contribution in [0.1, 0.15) is 39.0 Å². The Bertz CT molecular complexity index is 129. The van der Waals surface area contributed by atoms with Crippen molar-refractivity contribution in [1.29, 1.82) is 0 Å². The van der Waals surface area contributed by atoms with E-state index in [-0.39, 0.29) is 0 Å². The topological polar surface area (TPSA) is 0 Å². The molecule has 0 aromatic heterocycles. The van der Waals surface area contributed by atoms with Crippen LogP contribution in [0.2, 0.25) is 0 Å². The quantitative estimate of drug-likeness (QED) is 0.411. The number of hydrogen-bond acceptors (Lipinski definition) is 0. The van der Waals surface area contributed by atoms with Gasteiger partial charge in [-0.2, -0.15) is 0 Å². The van der Waals surface area contributed by atoms with Crippen LogP contribution in [-0.2, 0) is 0 Å². The zero-order valence-electron chi connectivity index (χ0n) is 7.22. The lowest BCUT2D eigenvalue weighted by Crippen LogP contribution is -2.07. The summed E-state index contributed by atoms with van der Waals surface area (Å²) in [6.07, 6.45) is 11.8. The normalized spacial score (nSPS) is 30.7. The Labute approximate surface area is 83.6 Å². The molecule has 0 bridgehead atoms. The van der Waals surface area contributed by atoms with E-state index in [0.717, 1.165) is 9.84 Å². The Morgan fingerprint density at radius 3 is 2.73 bits per heavy atom. The van der Waals surface area contributed by atoms with Gasteiger partial charge >= 0.3 is 0 Å². The van der Waals surface area contributed by atoms with Crippen molar-refractivity contribution in [3.63, 3.8) is 0 Å². The van der Waals surface area contributed by atoms with Crippen LogP contribution in [-0.4, -0.2) is 3.92 Å². The van der Waals surface area contributed by atoms with Crippen molar-refractivity contribution in [3.05, 3.63) is 12.2 Å². The van der Waals surface area contributed by atoms with Gasteiger partial charge in [-0.25, -0.2) is 0 Å². The molecule has 0 fully saturated rings. The second-order valence-corrected chi connectivity index (χ2v) is 4.98. The number of rotatable bonds is 3. The molecule has 64 valence electrons. The van der Waals surface area contributed by atoms with Gasteiger partial charge in [0.05, 0.1) is 0 Å². The van der Waals surface area contributed by atoms with Gasteiger partial charge in [-0.15, -0.1) is 0 Å². The Morgan fingerprint density at radius 1 is 1.36 bits per heavy atom. The van der Waals surface area contributed by atoms with Crippen LogP contribution in [0, 0.1) is 5.92 Å². The predicted octanol–water partition coefficient (Wildman–Crippen LogP) is 3.95. The van der Waals surface area contributed by atoms with Crippen LogP contribution < -0.4 is 0 Å². The molecule has 1 unspecified atom stereocenters. The maximum Gasteiger partial charge on any atom is 0.0289 e. The number of allylic oxidation sites excluding steroid dienone is 2. The molecule has 0 spiro atoms. The standard InChI is InChI=1S/C10H17I/c1-2-3-4-9-5-7-10(11)8-6-9/h5,7,9-10H,2-4,6,8H2,1H3/t9?,10-/m0/s1. The first kappa shape index (κ1) is 9.56. The van der Waals surface area contributed by atoms with Crippen molar-refractivity contribution in [3.8, 4) is 0 Å². The van der Waals surface area contributed by atoms with E-state index in [2.05, 4.69) is 41.7 Å². The van der Waals surface area contributed by atoms with Crippen molar-refractivity contribution >= 4 is 22.6 Å². The average molecular weight is 264 g/mol. The van der Waals surface area contributed by atoms with Crippen LogP contribution in [0.3, 0.4) is 0 Å². The zero-order valence-corrected chi connectivity index (χ0v) is 9.38. The lowest BCUT2D eigenvalue weighted by molar-refractivity contribution is 0.492. The third kappa shape index (κ3) is 3.59. The van der Waals surface area contributed by atoms with Crippen molar-refractivity contribution < 1.29 is 0 Å². The zero-order chi connectivity index (χ0) is 8.10. The van der Waals surface area contributed by atoms with E-state index in [9.17, 15) is 0 Å². The molecule has 1 rings (SSSR count). The van der Waals surface area contributed by atoms with Gasteiger partial charge in [-0.1, -0.05) is 54.5 Å². The van der Waals surface area contributed by atoms with Gasteiger partial charge in [0.2, 0.25) is 0 Å². The molecule has 0 aliphatic heterocycles. The Balaban J connectivity index is 2.21. The molecule has 1 heteroatoms. The fraction of sp³-hybridized carbons (Fsp3) is 0.800. The first-order valence-corrected chi connectivity index (χ1v) is 5.90. The fourth-order valence-corrected chi connectivity index (χ4v) is 2.15. The highest BCUT2D eigenvalue weighted by Crippen LogP contribution is 2.25. The summed E-state index contributed by atoms with van der Waals surface area (Å²) in [5.74, 6) is 0.904. The summed E-state index contributed by atoms with van der Waals surface area (Å²) in [6, 6.07) is 0. The third-order valence-electron chi connectivity index (χ3n) is 2.33. The molecule has 2 atom stereocenters. The van der Waals surface area contributed by atoms with E-state index in [1.54, 1.807) is 0 Å². The molecule has 0 N–H and O–H groups in total. The summed E-state index contributed by atoms with van der Waals surface area (Å²) >= 11 is 2.52. The minimum Gasteiger partial charge on any atom is -0.0844 e. The van der Waals surface area contributed by atoms with Gasteiger partial charge in [0.25, 0.3) is 0 Å². The van der Waals surface area contributed by atoms with Crippen molar-refractivity contribution in [1.82, 2.24) is 0 Å². The van der Waals surface area contributed by atoms with Gasteiger partial charge in [0.15, 0.2) is 0 Å². The summed E-state index contributed by atoms with van der Waals surface area (Å²) in [7, 11) is 0. The molecule has 0 aromatic carbocycles. The second kappa shape index (κ2) is 5.18. The Kier molecular flexibility index (Phi) is 4.50. The molecule has 0 aromatic rings. The number of unbranched alkanes of at least 4 members (excludes halogenated alkanes) is 1. The van der Waals surface area contributed by atoms with Crippen LogP contribution in [0.25, 0.3) is 0 Å². The lowest BCUT2D eigenvalue weighted by atomic mass is 9.91. The molecular weight excluding hydrogens is 247 g/mol. The highest BCUT2D eigenvalue weighted by Gasteiger charge is 2.12. The first-order chi connectivity index (χ1) is 5.33. The van der Waals surface area contributed by atoms with Crippen molar-refractivity contribution in [2.75, 3.05) is 0 Å². The number of alkyl halides is 1. The van der Waals surface area contributed by atoms with E-state index in [0.29, 0.717) is 0 Å². The summed E-state index contributed by atoms with van der Waals surface area (Å²) in [5.41, 5.74) is 0. The molecule has 0 radical (unpaired) electrons. The van der Waals surface area contributed by atoms with E-state index in [4.69, 9.17) is 0 Å². The minimum atomic E-state index is 0.811. The van der Waals surface area contributed by atoms with Crippen molar-refractivity contribution in [2.45, 2.75) is 43.0 Å². The molecule has 0 saturated carbocycles. The molecule has 0 amide bonds. The molecular formula is C10H17I. The number of hydrogen-bond donors (Lipinski definition) is 0. The van der Waals surface area contributed by atoms with Crippen LogP contribution in [0.15, 0.2) is 12.2 Å². The van der Waals surface area contributed by atoms with Crippen molar-refractivity contribution in [2.24, 2.45) is 5.92 Å². The summed E-state index contributed by atoms with van der Waals surface area (Å²) in [4.78, 5) is 0. The summed E-state index contributed by atoms with van der Waals surface area (Å²) in [5, 5.41) is 0. The Morgan fingerprint density at radius 2 is 2.18 bits per heavy atom. The molecule has 1 aliphatic carbocycles. The van der Waals surface area contributed by atoms with E-state index >= 15 is 0 Å². The third-order valence-corrected chi connectivity index (χ3v) is 3.37. The van der Waals surface area contributed by atoms with Gasteiger partial charge in [0.1, 0.15) is 0 Å².